The van der Waals surface area contributed by atoms with E-state index in [0.717, 1.165) is 30.8 Å². The van der Waals surface area contributed by atoms with Gasteiger partial charge in [0.2, 0.25) is 5.91 Å². The van der Waals surface area contributed by atoms with Crippen LogP contribution in [0.1, 0.15) is 18.4 Å². The second-order valence-electron chi connectivity index (χ2n) is 9.43. The Bertz CT molecular complexity index is 1660. The van der Waals surface area contributed by atoms with Crippen molar-refractivity contribution in [3.63, 3.8) is 0 Å². The van der Waals surface area contributed by atoms with Gasteiger partial charge in [0.25, 0.3) is 0 Å². The number of nitrogens with zero attached hydrogens (tertiary/aromatic N) is 4. The summed E-state index contributed by atoms with van der Waals surface area (Å²) in [6, 6.07) is 19.8. The van der Waals surface area contributed by atoms with Crippen LogP contribution in [-0.4, -0.2) is 38.8 Å². The molecule has 3 N–H and O–H groups in total. The molecule has 1 atom stereocenters. The highest BCUT2D eigenvalue weighted by atomic mass is 19.4. The number of anilines is 3. The van der Waals surface area contributed by atoms with E-state index in [1.807, 2.05) is 24.3 Å². The summed E-state index contributed by atoms with van der Waals surface area (Å²) in [5.41, 5.74) is 0.784. The van der Waals surface area contributed by atoms with Crippen LogP contribution in [-0.2, 0) is 11.0 Å². The molecule has 1 unspecified atom stereocenters. The number of amides is 1. The molecule has 0 spiro atoms. The lowest BCUT2D eigenvalue weighted by Gasteiger charge is -2.21. The van der Waals surface area contributed by atoms with Crippen LogP contribution < -0.4 is 16.0 Å². The molecule has 3 heterocycles. The third kappa shape index (κ3) is 4.88. The van der Waals surface area contributed by atoms with Crippen LogP contribution in [0.3, 0.4) is 0 Å². The predicted molar refractivity (Wildman–Crippen MR) is 143 cm³/mol. The Morgan fingerprint density at radius 2 is 1.64 bits per heavy atom. The van der Waals surface area contributed by atoms with Gasteiger partial charge in [-0.05, 0) is 49.7 Å². The van der Waals surface area contributed by atoms with Crippen LogP contribution in [0.25, 0.3) is 27.8 Å². The minimum absolute atomic E-state index is 0.0120. The quantitative estimate of drug-likeness (QED) is 0.272. The van der Waals surface area contributed by atoms with Gasteiger partial charge >= 0.3 is 6.18 Å². The van der Waals surface area contributed by atoms with Crippen molar-refractivity contribution >= 4 is 39.5 Å². The molecule has 5 aromatic rings. The van der Waals surface area contributed by atoms with Crippen molar-refractivity contribution in [3.8, 4) is 11.4 Å². The summed E-state index contributed by atoms with van der Waals surface area (Å²) in [5.74, 6) is 0.343. The molecule has 1 aliphatic rings. The molecular formula is C28H24F3N7O. The fraction of sp³-hybridized carbons (Fsp3) is 0.214. The van der Waals surface area contributed by atoms with E-state index in [2.05, 4.69) is 31.2 Å². The molecule has 0 bridgehead atoms. The Kier molecular flexibility index (Phi) is 6.35. The zero-order valence-corrected chi connectivity index (χ0v) is 20.7. The molecule has 0 saturated carbocycles. The van der Waals surface area contributed by atoms with Gasteiger partial charge in [0, 0.05) is 34.3 Å². The molecule has 39 heavy (non-hydrogen) atoms. The van der Waals surface area contributed by atoms with E-state index < -0.39 is 11.7 Å². The molecule has 8 nitrogen and oxygen atoms in total. The fourth-order valence-electron chi connectivity index (χ4n) is 4.86. The zero-order valence-electron chi connectivity index (χ0n) is 20.7. The maximum Gasteiger partial charge on any atom is 0.417 e. The summed E-state index contributed by atoms with van der Waals surface area (Å²) in [4.78, 5) is 12.6. The number of piperidine rings is 1. The van der Waals surface area contributed by atoms with Crippen LogP contribution in [0.15, 0.2) is 72.8 Å². The van der Waals surface area contributed by atoms with Crippen molar-refractivity contribution in [2.45, 2.75) is 19.0 Å². The SMILES string of the molecule is O=C(Nc1ccc(Nc2nn3c(-c4ccccc4C(F)(F)F)nnc3c3ccccc23)cc1)C1CCCNC1. The first-order valence-corrected chi connectivity index (χ1v) is 12.6. The largest absolute Gasteiger partial charge is 0.417 e. The number of rotatable bonds is 5. The fourth-order valence-corrected chi connectivity index (χ4v) is 4.86. The molecule has 2 aromatic heterocycles. The normalized spacial score (nSPS) is 15.9. The van der Waals surface area contributed by atoms with Crippen LogP contribution in [0, 0.1) is 5.92 Å². The van der Waals surface area contributed by atoms with Gasteiger partial charge in [0.05, 0.1) is 11.5 Å². The van der Waals surface area contributed by atoms with Crippen molar-refractivity contribution in [2.24, 2.45) is 5.92 Å². The Hall–Kier alpha value is -4.51. The summed E-state index contributed by atoms with van der Waals surface area (Å²) >= 11 is 0. The number of halogens is 3. The first-order valence-electron chi connectivity index (χ1n) is 12.6. The van der Waals surface area contributed by atoms with E-state index >= 15 is 0 Å². The standard InChI is InChI=1S/C28H24F3N7O/c29-28(30,31)23-10-4-3-9-22(23)26-36-35-25-21-8-2-1-7-20(21)24(37-38(25)26)33-18-11-13-19(14-12-18)34-27(39)17-6-5-15-32-16-17/h1-4,7-14,17,32H,5-6,15-16H2,(H,33,37)(H,34,39). The summed E-state index contributed by atoms with van der Waals surface area (Å²) in [6.07, 6.45) is -2.73. The van der Waals surface area contributed by atoms with Gasteiger partial charge in [-0.25, -0.2) is 0 Å². The Morgan fingerprint density at radius 1 is 0.923 bits per heavy atom. The van der Waals surface area contributed by atoms with Crippen LogP contribution in [0.5, 0.6) is 0 Å². The van der Waals surface area contributed by atoms with Crippen molar-refractivity contribution in [3.05, 3.63) is 78.4 Å². The van der Waals surface area contributed by atoms with E-state index in [1.54, 1.807) is 24.3 Å². The molecule has 1 amide bonds. The van der Waals surface area contributed by atoms with Gasteiger partial charge < -0.3 is 16.0 Å². The molecule has 0 radical (unpaired) electrons. The third-order valence-corrected chi connectivity index (χ3v) is 6.82. The maximum absolute atomic E-state index is 13.8. The van der Waals surface area contributed by atoms with Gasteiger partial charge in [-0.15, -0.1) is 15.3 Å². The maximum atomic E-state index is 13.8. The lowest BCUT2D eigenvalue weighted by Crippen LogP contribution is -2.37. The smallest absolute Gasteiger partial charge is 0.338 e. The number of fused-ring (bicyclic) bond motifs is 3. The number of hydrogen-bond acceptors (Lipinski definition) is 6. The number of aromatic nitrogens is 4. The Labute approximate surface area is 221 Å². The van der Waals surface area contributed by atoms with E-state index in [4.69, 9.17) is 0 Å². The summed E-state index contributed by atoms with van der Waals surface area (Å²) in [7, 11) is 0. The average molecular weight is 532 g/mol. The van der Waals surface area contributed by atoms with E-state index in [1.165, 1.54) is 22.7 Å². The number of alkyl halides is 3. The monoisotopic (exact) mass is 531 g/mol. The minimum Gasteiger partial charge on any atom is -0.338 e. The highest BCUT2D eigenvalue weighted by Crippen LogP contribution is 2.37. The summed E-state index contributed by atoms with van der Waals surface area (Å²) in [6.45, 7) is 1.61. The molecule has 11 heteroatoms. The number of carbonyl (C=O) groups excluding carboxylic acids is 1. The average Bonchev–Trinajstić information content (AvgIpc) is 3.38. The molecule has 3 aromatic carbocycles. The molecular weight excluding hydrogens is 507 g/mol. The molecule has 0 aliphatic carbocycles. The van der Waals surface area contributed by atoms with Crippen molar-refractivity contribution in [2.75, 3.05) is 23.7 Å². The highest BCUT2D eigenvalue weighted by molar-refractivity contribution is 6.01. The van der Waals surface area contributed by atoms with Gasteiger partial charge in [-0.3, -0.25) is 4.79 Å². The number of hydrogen-bond donors (Lipinski definition) is 3. The summed E-state index contributed by atoms with van der Waals surface area (Å²) < 4.78 is 42.6. The molecule has 6 rings (SSSR count). The van der Waals surface area contributed by atoms with E-state index in [-0.39, 0.29) is 23.2 Å². The van der Waals surface area contributed by atoms with Gasteiger partial charge in [0.15, 0.2) is 17.3 Å². The van der Waals surface area contributed by atoms with Crippen molar-refractivity contribution < 1.29 is 18.0 Å². The van der Waals surface area contributed by atoms with Crippen LogP contribution >= 0.6 is 0 Å². The first kappa shape index (κ1) is 24.8. The zero-order chi connectivity index (χ0) is 27.0. The molecule has 1 saturated heterocycles. The van der Waals surface area contributed by atoms with Gasteiger partial charge in [-0.2, -0.15) is 17.7 Å². The van der Waals surface area contributed by atoms with E-state index in [0.29, 0.717) is 34.8 Å². The van der Waals surface area contributed by atoms with Crippen LogP contribution in [0.4, 0.5) is 30.4 Å². The van der Waals surface area contributed by atoms with Crippen molar-refractivity contribution in [1.29, 1.82) is 0 Å². The predicted octanol–water partition coefficient (Wildman–Crippen LogP) is 5.65. The number of nitrogens with one attached hydrogen (secondary N) is 3. The summed E-state index contributed by atoms with van der Waals surface area (Å²) in [5, 5.41) is 23.8. The van der Waals surface area contributed by atoms with E-state index in [9.17, 15) is 18.0 Å². The van der Waals surface area contributed by atoms with Gasteiger partial charge in [-0.1, -0.05) is 42.5 Å². The highest BCUT2D eigenvalue weighted by Gasteiger charge is 2.35. The lowest BCUT2D eigenvalue weighted by molar-refractivity contribution is -0.137. The lowest BCUT2D eigenvalue weighted by atomic mass is 9.99. The Balaban J connectivity index is 1.35. The minimum atomic E-state index is -4.56. The number of carbonyl (C=O) groups is 1. The first-order chi connectivity index (χ1) is 18.9. The van der Waals surface area contributed by atoms with Crippen molar-refractivity contribution in [1.82, 2.24) is 25.1 Å². The van der Waals surface area contributed by atoms with Gasteiger partial charge in [0.1, 0.15) is 0 Å². The molecule has 198 valence electrons. The second-order valence-corrected chi connectivity index (χ2v) is 9.43. The molecule has 1 fully saturated rings. The molecule has 1 aliphatic heterocycles. The number of benzene rings is 3. The third-order valence-electron chi connectivity index (χ3n) is 6.82. The Morgan fingerprint density at radius 3 is 2.38 bits per heavy atom. The van der Waals surface area contributed by atoms with Crippen LogP contribution in [0.2, 0.25) is 0 Å². The second kappa shape index (κ2) is 9.99. The topological polar surface area (TPSA) is 96.2 Å².